The zero-order valence-electron chi connectivity index (χ0n) is 4.43. The standard InChI is InChI=1S/C6H10N/c1-2-4-7-5-3-6-7/h2,4H,1,3,5-6H2. The lowest BCUT2D eigenvalue weighted by Crippen LogP contribution is -2.33. The predicted molar refractivity (Wildman–Crippen MR) is 30.7 cm³/mol. The maximum absolute atomic E-state index is 3.59. The molecule has 0 atom stereocenters. The van der Waals surface area contributed by atoms with Crippen molar-refractivity contribution in [1.29, 1.82) is 0 Å². The first-order chi connectivity index (χ1) is 3.43. The maximum atomic E-state index is 3.59. The second-order valence-electron chi connectivity index (χ2n) is 1.77. The molecule has 1 heteroatoms. The minimum atomic E-state index is 1.23. The molecule has 7 heavy (non-hydrogen) atoms. The molecule has 1 saturated heterocycles. The van der Waals surface area contributed by atoms with Gasteiger partial charge in [0.1, 0.15) is 0 Å². The van der Waals surface area contributed by atoms with Gasteiger partial charge in [-0.2, -0.15) is 0 Å². The molecular formula is C6H10N. The van der Waals surface area contributed by atoms with E-state index in [4.69, 9.17) is 0 Å². The van der Waals surface area contributed by atoms with E-state index in [0.29, 0.717) is 0 Å². The predicted octanol–water partition coefficient (Wildman–Crippen LogP) is 1.04. The Morgan fingerprint density at radius 2 is 2.14 bits per heavy atom. The minimum absolute atomic E-state index is 1.23. The van der Waals surface area contributed by atoms with E-state index in [-0.39, 0.29) is 0 Å². The van der Waals surface area contributed by atoms with Crippen molar-refractivity contribution in [3.05, 3.63) is 19.2 Å². The van der Waals surface area contributed by atoms with Crippen molar-refractivity contribution in [3.63, 3.8) is 0 Å². The summed E-state index contributed by atoms with van der Waals surface area (Å²) in [5.41, 5.74) is 0. The highest BCUT2D eigenvalue weighted by Gasteiger charge is 2.10. The summed E-state index contributed by atoms with van der Waals surface area (Å²) >= 11 is 0. The molecule has 0 unspecified atom stereocenters. The van der Waals surface area contributed by atoms with Gasteiger partial charge >= 0.3 is 0 Å². The Bertz CT molecular complexity index is 64.6. The van der Waals surface area contributed by atoms with Crippen LogP contribution in [0.1, 0.15) is 6.42 Å². The van der Waals surface area contributed by atoms with Crippen molar-refractivity contribution in [2.24, 2.45) is 0 Å². The van der Waals surface area contributed by atoms with Gasteiger partial charge in [0.05, 0.1) is 0 Å². The van der Waals surface area contributed by atoms with E-state index in [0.717, 1.165) is 0 Å². The zero-order valence-corrected chi connectivity index (χ0v) is 4.43. The highest BCUT2D eigenvalue weighted by molar-refractivity contribution is 4.89. The Morgan fingerprint density at radius 3 is 2.29 bits per heavy atom. The van der Waals surface area contributed by atoms with Crippen molar-refractivity contribution >= 4 is 0 Å². The van der Waals surface area contributed by atoms with Gasteiger partial charge in [-0.25, -0.2) is 0 Å². The average Bonchev–Trinajstić information content (AvgIpc) is 1.55. The molecule has 1 fully saturated rings. The van der Waals surface area contributed by atoms with Crippen LogP contribution in [0.15, 0.2) is 12.7 Å². The molecule has 1 nitrogen and oxygen atoms in total. The van der Waals surface area contributed by atoms with Gasteiger partial charge in [0.25, 0.3) is 0 Å². The third-order valence-electron chi connectivity index (χ3n) is 1.21. The van der Waals surface area contributed by atoms with Crippen LogP contribution >= 0.6 is 0 Å². The van der Waals surface area contributed by atoms with E-state index in [9.17, 15) is 0 Å². The highest BCUT2D eigenvalue weighted by atomic mass is 15.2. The summed E-state index contributed by atoms with van der Waals surface area (Å²) in [5.74, 6) is 0. The van der Waals surface area contributed by atoms with E-state index in [2.05, 4.69) is 11.5 Å². The van der Waals surface area contributed by atoms with Crippen LogP contribution in [0.3, 0.4) is 0 Å². The van der Waals surface area contributed by atoms with Crippen molar-refractivity contribution < 1.29 is 0 Å². The Balaban J connectivity index is 2.03. The monoisotopic (exact) mass is 96.1 g/mol. The van der Waals surface area contributed by atoms with Crippen LogP contribution in [-0.2, 0) is 0 Å². The van der Waals surface area contributed by atoms with Crippen molar-refractivity contribution in [1.82, 2.24) is 4.90 Å². The first-order valence-corrected chi connectivity index (χ1v) is 2.63. The largest absolute Gasteiger partial charge is 0.295 e. The summed E-state index contributed by atoms with van der Waals surface area (Å²) in [4.78, 5) is 2.24. The van der Waals surface area contributed by atoms with Gasteiger partial charge in [-0.1, -0.05) is 6.08 Å². The Morgan fingerprint density at radius 1 is 1.43 bits per heavy atom. The fourth-order valence-electron chi connectivity index (χ4n) is 0.639. The molecule has 1 heterocycles. The molecule has 1 rings (SSSR count). The zero-order chi connectivity index (χ0) is 5.11. The molecule has 1 radical (unpaired) electrons. The minimum Gasteiger partial charge on any atom is -0.295 e. The SMILES string of the molecule is C=C[CH]N1CCC1. The lowest BCUT2D eigenvalue weighted by Gasteiger charge is -2.28. The van der Waals surface area contributed by atoms with Crippen molar-refractivity contribution in [3.8, 4) is 0 Å². The molecule has 0 saturated carbocycles. The van der Waals surface area contributed by atoms with Gasteiger partial charge < -0.3 is 0 Å². The molecule has 0 aromatic carbocycles. The van der Waals surface area contributed by atoms with Crippen LogP contribution in [0.5, 0.6) is 0 Å². The molecular weight excluding hydrogens is 86.1 g/mol. The first kappa shape index (κ1) is 4.85. The van der Waals surface area contributed by atoms with Gasteiger partial charge in [-0.3, -0.25) is 4.90 Å². The number of rotatable bonds is 2. The van der Waals surface area contributed by atoms with Gasteiger partial charge in [-0.15, -0.1) is 6.58 Å². The van der Waals surface area contributed by atoms with Crippen molar-refractivity contribution in [2.45, 2.75) is 6.42 Å². The molecule has 0 amide bonds. The van der Waals surface area contributed by atoms with Crippen LogP contribution in [0.4, 0.5) is 0 Å². The van der Waals surface area contributed by atoms with E-state index < -0.39 is 0 Å². The number of hydrogen-bond acceptors (Lipinski definition) is 1. The lowest BCUT2D eigenvalue weighted by molar-refractivity contribution is 0.240. The first-order valence-electron chi connectivity index (χ1n) is 2.63. The average molecular weight is 96.2 g/mol. The summed E-state index contributed by atoms with van der Waals surface area (Å²) < 4.78 is 0. The van der Waals surface area contributed by atoms with Crippen molar-refractivity contribution in [2.75, 3.05) is 13.1 Å². The van der Waals surface area contributed by atoms with E-state index >= 15 is 0 Å². The van der Waals surface area contributed by atoms with E-state index in [1.807, 2.05) is 12.6 Å². The molecule has 1 aliphatic rings. The molecule has 1 aliphatic heterocycles. The highest BCUT2D eigenvalue weighted by Crippen LogP contribution is 2.06. The summed E-state index contributed by atoms with van der Waals surface area (Å²) in [6.07, 6.45) is 3.18. The Labute approximate surface area is 44.6 Å². The molecule has 0 aromatic rings. The summed E-state index contributed by atoms with van der Waals surface area (Å²) in [5, 5.41) is 0. The number of likely N-dealkylation sites (tertiary alicyclic amines) is 1. The quantitative estimate of drug-likeness (QED) is 0.496. The topological polar surface area (TPSA) is 3.24 Å². The fourth-order valence-corrected chi connectivity index (χ4v) is 0.639. The smallest absolute Gasteiger partial charge is 0.0467 e. The lowest BCUT2D eigenvalue weighted by atomic mass is 10.2. The van der Waals surface area contributed by atoms with Crippen LogP contribution in [-0.4, -0.2) is 18.0 Å². The molecule has 0 spiro atoms. The van der Waals surface area contributed by atoms with Gasteiger partial charge in [0, 0.05) is 19.6 Å². The van der Waals surface area contributed by atoms with Crippen LogP contribution in [0.2, 0.25) is 0 Å². The third-order valence-corrected chi connectivity index (χ3v) is 1.21. The summed E-state index contributed by atoms with van der Waals surface area (Å²) in [7, 11) is 0. The maximum Gasteiger partial charge on any atom is 0.0467 e. The summed E-state index contributed by atoms with van der Waals surface area (Å²) in [6, 6.07) is 0. The Kier molecular flexibility index (Phi) is 1.47. The second-order valence-corrected chi connectivity index (χ2v) is 1.77. The second kappa shape index (κ2) is 2.12. The summed E-state index contributed by atoms with van der Waals surface area (Å²) in [6.45, 7) is 8.07. The number of nitrogens with zero attached hydrogens (tertiary/aromatic N) is 1. The van der Waals surface area contributed by atoms with Crippen LogP contribution < -0.4 is 0 Å². The molecule has 0 bridgehead atoms. The van der Waals surface area contributed by atoms with Gasteiger partial charge in [0.2, 0.25) is 0 Å². The van der Waals surface area contributed by atoms with Gasteiger partial charge in [0.15, 0.2) is 0 Å². The number of hydrogen-bond donors (Lipinski definition) is 0. The Hall–Kier alpha value is -0.300. The third kappa shape index (κ3) is 1.03. The van der Waals surface area contributed by atoms with Gasteiger partial charge in [-0.05, 0) is 6.42 Å². The normalized spacial score (nSPS) is 21.1. The molecule has 39 valence electrons. The van der Waals surface area contributed by atoms with Crippen LogP contribution in [0.25, 0.3) is 0 Å². The molecule has 0 aliphatic carbocycles. The van der Waals surface area contributed by atoms with Crippen LogP contribution in [0, 0.1) is 6.54 Å². The molecule has 0 N–H and O–H groups in total. The fraction of sp³-hybridized carbons (Fsp3) is 0.500. The van der Waals surface area contributed by atoms with E-state index in [1.54, 1.807) is 0 Å². The molecule has 0 aromatic heterocycles. The van der Waals surface area contributed by atoms with E-state index in [1.165, 1.54) is 19.5 Å².